The average Bonchev–Trinajstić information content (AvgIpc) is 3.13. The first-order valence-corrected chi connectivity index (χ1v) is 10.3. The van der Waals surface area contributed by atoms with Gasteiger partial charge in [-0.2, -0.15) is 0 Å². The summed E-state index contributed by atoms with van der Waals surface area (Å²) in [6.45, 7) is 6.17. The maximum Gasteiger partial charge on any atom is 0.145 e. The van der Waals surface area contributed by atoms with Crippen LogP contribution >= 0.6 is 0 Å². The molecular formula is C27H25FN2O. The monoisotopic (exact) mass is 412 g/mol. The molecule has 1 aromatic heterocycles. The Morgan fingerprint density at radius 3 is 2.29 bits per heavy atom. The maximum absolute atomic E-state index is 13.8. The third kappa shape index (κ3) is 4.43. The summed E-state index contributed by atoms with van der Waals surface area (Å²) in [6.07, 6.45) is 0. The number of aryl methyl sites for hydroxylation is 1. The fourth-order valence-electron chi connectivity index (χ4n) is 3.68. The molecule has 0 saturated heterocycles. The Morgan fingerprint density at radius 2 is 1.58 bits per heavy atom. The second kappa shape index (κ2) is 9.00. The highest BCUT2D eigenvalue weighted by atomic mass is 19.1. The van der Waals surface area contributed by atoms with E-state index in [1.807, 2.05) is 25.1 Å². The van der Waals surface area contributed by atoms with Gasteiger partial charge in [0.25, 0.3) is 0 Å². The number of hydrogen-bond acceptors (Lipinski definition) is 2. The minimum absolute atomic E-state index is 0.0905. The Morgan fingerprint density at radius 1 is 0.903 bits per heavy atom. The van der Waals surface area contributed by atoms with Crippen LogP contribution in [0, 0.1) is 19.7 Å². The number of benzene rings is 3. The van der Waals surface area contributed by atoms with E-state index in [0.717, 1.165) is 33.9 Å². The zero-order valence-corrected chi connectivity index (χ0v) is 18.0. The Hall–Kier alpha value is -3.66. The standard InChI is InChI=1S/C27H25FN2O/c1-19-13-15-24(16-14-19)30-21(3)25(17-27(30)22-9-5-4-6-10-22)20(2)29-31-18-23-11-7-8-12-26(23)28/h4-17H,18H2,1-3H3/b29-20-. The van der Waals surface area contributed by atoms with Gasteiger partial charge >= 0.3 is 0 Å². The molecule has 31 heavy (non-hydrogen) atoms. The van der Waals surface area contributed by atoms with Gasteiger partial charge in [0, 0.05) is 22.5 Å². The van der Waals surface area contributed by atoms with Gasteiger partial charge in [-0.15, -0.1) is 0 Å². The first-order chi connectivity index (χ1) is 15.0. The molecule has 0 atom stereocenters. The number of halogens is 1. The molecule has 3 aromatic carbocycles. The number of oxime groups is 1. The predicted molar refractivity (Wildman–Crippen MR) is 124 cm³/mol. The Kier molecular flexibility index (Phi) is 5.99. The summed E-state index contributed by atoms with van der Waals surface area (Å²) in [5, 5.41) is 4.28. The summed E-state index contributed by atoms with van der Waals surface area (Å²) >= 11 is 0. The predicted octanol–water partition coefficient (Wildman–Crippen LogP) is 6.84. The summed E-state index contributed by atoms with van der Waals surface area (Å²) in [5.74, 6) is -0.288. The van der Waals surface area contributed by atoms with Crippen LogP contribution in [-0.2, 0) is 11.4 Å². The second-order valence-electron chi connectivity index (χ2n) is 7.61. The van der Waals surface area contributed by atoms with Crippen molar-refractivity contribution in [2.45, 2.75) is 27.4 Å². The van der Waals surface area contributed by atoms with E-state index in [1.165, 1.54) is 11.6 Å². The Labute approximate surface area is 182 Å². The molecule has 156 valence electrons. The highest BCUT2D eigenvalue weighted by Crippen LogP contribution is 2.30. The van der Waals surface area contributed by atoms with Gasteiger partial charge in [-0.1, -0.05) is 71.4 Å². The number of aromatic nitrogens is 1. The summed E-state index contributed by atoms with van der Waals surface area (Å²) in [5.41, 5.74) is 7.81. The largest absolute Gasteiger partial charge is 0.391 e. The minimum Gasteiger partial charge on any atom is -0.391 e. The van der Waals surface area contributed by atoms with Crippen LogP contribution in [0.25, 0.3) is 16.9 Å². The van der Waals surface area contributed by atoms with Crippen LogP contribution in [0.5, 0.6) is 0 Å². The lowest BCUT2D eigenvalue weighted by atomic mass is 10.1. The first-order valence-electron chi connectivity index (χ1n) is 10.3. The van der Waals surface area contributed by atoms with Gasteiger partial charge in [-0.05, 0) is 50.6 Å². The van der Waals surface area contributed by atoms with Crippen LogP contribution in [0.15, 0.2) is 90.1 Å². The molecule has 0 amide bonds. The first kappa shape index (κ1) is 20.6. The van der Waals surface area contributed by atoms with Crippen molar-refractivity contribution in [3.8, 4) is 16.9 Å². The van der Waals surface area contributed by atoms with Crippen LogP contribution in [0.2, 0.25) is 0 Å². The minimum atomic E-state index is -0.288. The van der Waals surface area contributed by atoms with Crippen LogP contribution in [0.1, 0.15) is 29.3 Å². The molecule has 0 unspecified atom stereocenters. The molecular weight excluding hydrogens is 387 g/mol. The van der Waals surface area contributed by atoms with Crippen molar-refractivity contribution in [3.63, 3.8) is 0 Å². The summed E-state index contributed by atoms with van der Waals surface area (Å²) in [6, 6.07) is 27.5. The third-order valence-corrected chi connectivity index (χ3v) is 5.38. The topological polar surface area (TPSA) is 26.5 Å². The smallest absolute Gasteiger partial charge is 0.145 e. The molecule has 0 bridgehead atoms. The van der Waals surface area contributed by atoms with E-state index in [0.29, 0.717) is 5.56 Å². The zero-order chi connectivity index (χ0) is 21.8. The molecule has 4 heteroatoms. The van der Waals surface area contributed by atoms with Gasteiger partial charge in [0.2, 0.25) is 0 Å². The molecule has 0 aliphatic rings. The van der Waals surface area contributed by atoms with Gasteiger partial charge in [0.05, 0.1) is 11.4 Å². The maximum atomic E-state index is 13.8. The number of rotatable bonds is 6. The van der Waals surface area contributed by atoms with Crippen molar-refractivity contribution in [2.24, 2.45) is 5.16 Å². The summed E-state index contributed by atoms with van der Waals surface area (Å²) in [7, 11) is 0. The molecule has 1 heterocycles. The van der Waals surface area contributed by atoms with Crippen molar-refractivity contribution in [1.29, 1.82) is 0 Å². The molecule has 4 aromatic rings. The van der Waals surface area contributed by atoms with Gasteiger partial charge in [-0.3, -0.25) is 0 Å². The summed E-state index contributed by atoms with van der Waals surface area (Å²) in [4.78, 5) is 5.49. The normalized spacial score (nSPS) is 11.5. The van der Waals surface area contributed by atoms with E-state index in [-0.39, 0.29) is 12.4 Å². The van der Waals surface area contributed by atoms with Crippen LogP contribution in [0.3, 0.4) is 0 Å². The SMILES string of the molecule is C/C(=N/OCc1ccccc1F)c1cc(-c2ccccc2)n(-c2ccc(C)cc2)c1C. The highest BCUT2D eigenvalue weighted by molar-refractivity contribution is 6.01. The van der Waals surface area contributed by atoms with Gasteiger partial charge in [0.15, 0.2) is 0 Å². The van der Waals surface area contributed by atoms with E-state index in [9.17, 15) is 4.39 Å². The Balaban J connectivity index is 1.71. The number of nitrogens with zero attached hydrogens (tertiary/aromatic N) is 2. The molecule has 0 spiro atoms. The second-order valence-corrected chi connectivity index (χ2v) is 7.61. The van der Waals surface area contributed by atoms with E-state index >= 15 is 0 Å². The highest BCUT2D eigenvalue weighted by Gasteiger charge is 2.17. The fraction of sp³-hybridized carbons (Fsp3) is 0.148. The molecule has 3 nitrogen and oxygen atoms in total. The van der Waals surface area contributed by atoms with E-state index in [2.05, 4.69) is 66.0 Å². The third-order valence-electron chi connectivity index (χ3n) is 5.38. The van der Waals surface area contributed by atoms with Crippen molar-refractivity contribution >= 4 is 5.71 Å². The molecule has 0 N–H and O–H groups in total. The van der Waals surface area contributed by atoms with Crippen LogP contribution < -0.4 is 0 Å². The quantitative estimate of drug-likeness (QED) is 0.251. The van der Waals surface area contributed by atoms with Crippen LogP contribution in [0.4, 0.5) is 4.39 Å². The van der Waals surface area contributed by atoms with E-state index in [1.54, 1.807) is 18.2 Å². The summed E-state index contributed by atoms with van der Waals surface area (Å²) < 4.78 is 16.1. The average molecular weight is 413 g/mol. The lowest BCUT2D eigenvalue weighted by Gasteiger charge is -2.13. The van der Waals surface area contributed by atoms with Crippen molar-refractivity contribution in [3.05, 3.63) is 113 Å². The Bertz CT molecular complexity index is 1210. The van der Waals surface area contributed by atoms with Crippen molar-refractivity contribution < 1.29 is 9.23 Å². The molecule has 0 saturated carbocycles. The zero-order valence-electron chi connectivity index (χ0n) is 18.0. The number of hydrogen-bond donors (Lipinski definition) is 0. The molecule has 0 fully saturated rings. The molecule has 0 radical (unpaired) electrons. The van der Waals surface area contributed by atoms with E-state index < -0.39 is 0 Å². The van der Waals surface area contributed by atoms with Crippen molar-refractivity contribution in [1.82, 2.24) is 4.57 Å². The lowest BCUT2D eigenvalue weighted by molar-refractivity contribution is 0.128. The van der Waals surface area contributed by atoms with Crippen LogP contribution in [-0.4, -0.2) is 10.3 Å². The molecule has 0 aliphatic carbocycles. The van der Waals surface area contributed by atoms with E-state index in [4.69, 9.17) is 4.84 Å². The molecule has 0 aliphatic heterocycles. The van der Waals surface area contributed by atoms with Gasteiger partial charge < -0.3 is 9.40 Å². The van der Waals surface area contributed by atoms with Gasteiger partial charge in [-0.25, -0.2) is 4.39 Å². The van der Waals surface area contributed by atoms with Crippen molar-refractivity contribution in [2.75, 3.05) is 0 Å². The van der Waals surface area contributed by atoms with Gasteiger partial charge in [0.1, 0.15) is 12.4 Å². The lowest BCUT2D eigenvalue weighted by Crippen LogP contribution is -2.03. The fourth-order valence-corrected chi connectivity index (χ4v) is 3.68. The molecule has 4 rings (SSSR count).